The van der Waals surface area contributed by atoms with Gasteiger partial charge in [0.2, 0.25) is 0 Å². The lowest BCUT2D eigenvalue weighted by atomic mass is 9.93. The summed E-state index contributed by atoms with van der Waals surface area (Å²) >= 11 is 11.6. The predicted octanol–water partition coefficient (Wildman–Crippen LogP) is 3.45. The van der Waals surface area contributed by atoms with Gasteiger partial charge in [0.05, 0.1) is 10.7 Å². The first-order chi connectivity index (χ1) is 5.45. The van der Waals surface area contributed by atoms with Gasteiger partial charge in [-0.2, -0.15) is 5.10 Å². The lowest BCUT2D eigenvalue weighted by Crippen LogP contribution is -2.13. The van der Waals surface area contributed by atoms with Crippen molar-refractivity contribution in [3.8, 4) is 0 Å². The Hall–Kier alpha value is 0.0800. The van der Waals surface area contributed by atoms with E-state index in [-0.39, 0.29) is 17.8 Å². The van der Waals surface area contributed by atoms with Crippen molar-refractivity contribution in [2.75, 3.05) is 0 Å². The van der Waals surface area contributed by atoms with Crippen molar-refractivity contribution in [2.45, 2.75) is 32.2 Å². The van der Waals surface area contributed by atoms with Gasteiger partial charge in [-0.05, 0) is 0 Å². The Morgan fingerprint density at radius 2 is 2.00 bits per heavy atom. The highest BCUT2D eigenvalue weighted by molar-refractivity contribution is 6.31. The molecule has 2 nitrogen and oxygen atoms in total. The first-order valence-electron chi connectivity index (χ1n) is 3.74. The summed E-state index contributed by atoms with van der Waals surface area (Å²) in [4.78, 5) is 0. The van der Waals surface area contributed by atoms with Gasteiger partial charge in [0, 0.05) is 11.6 Å². The van der Waals surface area contributed by atoms with E-state index in [9.17, 15) is 0 Å². The monoisotopic (exact) mass is 242 g/mol. The Kier molecular flexibility index (Phi) is 4.56. The highest BCUT2D eigenvalue weighted by atomic mass is 35.5. The van der Waals surface area contributed by atoms with Crippen LogP contribution in [0.25, 0.3) is 0 Å². The quantitative estimate of drug-likeness (QED) is 0.691. The molecule has 13 heavy (non-hydrogen) atoms. The second kappa shape index (κ2) is 4.54. The molecule has 0 aromatic carbocycles. The number of halogens is 3. The number of hydrogen-bond acceptors (Lipinski definition) is 1. The summed E-state index contributed by atoms with van der Waals surface area (Å²) in [5.74, 6) is 0. The van der Waals surface area contributed by atoms with Crippen molar-refractivity contribution in [1.29, 1.82) is 0 Å². The summed E-state index contributed by atoms with van der Waals surface area (Å²) in [6.07, 6.45) is 1.75. The van der Waals surface area contributed by atoms with E-state index in [1.165, 1.54) is 0 Å². The van der Waals surface area contributed by atoms with Gasteiger partial charge in [0.1, 0.15) is 6.00 Å². The van der Waals surface area contributed by atoms with Gasteiger partial charge in [-0.15, -0.1) is 24.0 Å². The molecule has 1 heterocycles. The maximum absolute atomic E-state index is 5.97. The zero-order chi connectivity index (χ0) is 9.35. The smallest absolute Gasteiger partial charge is 0.115 e. The number of aromatic nitrogens is 2. The van der Waals surface area contributed by atoms with Crippen molar-refractivity contribution >= 4 is 35.6 Å². The van der Waals surface area contributed by atoms with E-state index in [2.05, 4.69) is 25.9 Å². The van der Waals surface area contributed by atoms with Crippen LogP contribution < -0.4 is 0 Å². The second-order valence-corrected chi connectivity index (χ2v) is 4.38. The number of hydrogen-bond donors (Lipinski definition) is 0. The van der Waals surface area contributed by atoms with E-state index in [1.54, 1.807) is 10.9 Å². The summed E-state index contributed by atoms with van der Waals surface area (Å²) in [7, 11) is 0. The van der Waals surface area contributed by atoms with Crippen molar-refractivity contribution in [3.05, 3.63) is 16.9 Å². The Balaban J connectivity index is 0.00000144. The van der Waals surface area contributed by atoms with E-state index < -0.39 is 0 Å². The third kappa shape index (κ3) is 3.04. The van der Waals surface area contributed by atoms with E-state index in [4.69, 9.17) is 23.2 Å². The third-order valence-corrected chi connectivity index (χ3v) is 2.07. The molecule has 0 aliphatic rings. The fourth-order valence-corrected chi connectivity index (χ4v) is 1.52. The molecule has 0 spiro atoms. The third-order valence-electron chi connectivity index (χ3n) is 1.55. The molecule has 76 valence electrons. The molecule has 0 fully saturated rings. The molecule has 1 rings (SSSR count). The molecule has 5 heteroatoms. The van der Waals surface area contributed by atoms with Gasteiger partial charge in [-0.1, -0.05) is 32.4 Å². The summed E-state index contributed by atoms with van der Waals surface area (Å²) < 4.78 is 1.63. The summed E-state index contributed by atoms with van der Waals surface area (Å²) in [6.45, 7) is 6.21. The van der Waals surface area contributed by atoms with Crippen molar-refractivity contribution < 1.29 is 0 Å². The average molecular weight is 244 g/mol. The standard InChI is InChI=1S/C8H12Cl2N2.ClH/c1-8(2,3)7-6(10)4-12(5-9)11-7;/h4H,5H2,1-3H3;1H. The molecule has 1 aromatic rings. The zero-order valence-electron chi connectivity index (χ0n) is 7.84. The summed E-state index contributed by atoms with van der Waals surface area (Å²) in [5.41, 5.74) is 0.874. The van der Waals surface area contributed by atoms with Crippen LogP contribution in [0, 0.1) is 0 Å². The normalized spacial score (nSPS) is 11.2. The Morgan fingerprint density at radius 1 is 1.46 bits per heavy atom. The molecular weight excluding hydrogens is 230 g/mol. The van der Waals surface area contributed by atoms with Crippen LogP contribution >= 0.6 is 35.6 Å². The summed E-state index contributed by atoms with van der Waals surface area (Å²) in [6, 6.07) is 0.343. The fourth-order valence-electron chi connectivity index (χ4n) is 0.967. The molecule has 0 saturated carbocycles. The maximum Gasteiger partial charge on any atom is 0.115 e. The van der Waals surface area contributed by atoms with Crippen LogP contribution in [-0.4, -0.2) is 9.78 Å². The van der Waals surface area contributed by atoms with Crippen LogP contribution in [0.5, 0.6) is 0 Å². The molecule has 0 radical (unpaired) electrons. The number of alkyl halides is 1. The Bertz CT molecular complexity index is 275. The molecule has 0 atom stereocenters. The minimum atomic E-state index is -0.0195. The van der Waals surface area contributed by atoms with Gasteiger partial charge >= 0.3 is 0 Å². The largest absolute Gasteiger partial charge is 0.256 e. The minimum absolute atomic E-state index is 0. The van der Waals surface area contributed by atoms with E-state index in [0.717, 1.165) is 5.69 Å². The van der Waals surface area contributed by atoms with E-state index >= 15 is 0 Å². The van der Waals surface area contributed by atoms with Gasteiger partial charge in [0.15, 0.2) is 0 Å². The lowest BCUT2D eigenvalue weighted by molar-refractivity contribution is 0.551. The van der Waals surface area contributed by atoms with Crippen LogP contribution in [0.1, 0.15) is 26.5 Å². The first-order valence-corrected chi connectivity index (χ1v) is 4.66. The molecule has 1 aromatic heterocycles. The van der Waals surface area contributed by atoms with Crippen LogP contribution in [0.15, 0.2) is 6.20 Å². The molecule has 0 aliphatic carbocycles. The van der Waals surface area contributed by atoms with Crippen LogP contribution in [0.2, 0.25) is 5.02 Å². The van der Waals surface area contributed by atoms with Crippen LogP contribution in [-0.2, 0) is 11.4 Å². The molecule has 0 saturated heterocycles. The molecule has 0 N–H and O–H groups in total. The van der Waals surface area contributed by atoms with Crippen LogP contribution in [0.4, 0.5) is 0 Å². The lowest BCUT2D eigenvalue weighted by Gasteiger charge is -2.15. The highest BCUT2D eigenvalue weighted by Crippen LogP contribution is 2.27. The van der Waals surface area contributed by atoms with Gasteiger partial charge in [0.25, 0.3) is 0 Å². The fraction of sp³-hybridized carbons (Fsp3) is 0.625. The average Bonchev–Trinajstić information content (AvgIpc) is 2.29. The minimum Gasteiger partial charge on any atom is -0.256 e. The maximum atomic E-state index is 5.97. The van der Waals surface area contributed by atoms with Gasteiger partial charge < -0.3 is 0 Å². The first kappa shape index (κ1) is 13.1. The number of nitrogens with zero attached hydrogens (tertiary/aromatic N) is 2. The van der Waals surface area contributed by atoms with Gasteiger partial charge in [-0.3, -0.25) is 4.68 Å². The molecular formula is C8H13Cl3N2. The SMILES string of the molecule is CC(C)(C)c1nn(CCl)cc1Cl.Cl. The van der Waals surface area contributed by atoms with Crippen molar-refractivity contribution in [3.63, 3.8) is 0 Å². The number of rotatable bonds is 1. The predicted molar refractivity (Wildman–Crippen MR) is 59.0 cm³/mol. The topological polar surface area (TPSA) is 17.8 Å². The summed E-state index contributed by atoms with van der Waals surface area (Å²) in [5, 5.41) is 4.94. The molecule has 0 bridgehead atoms. The van der Waals surface area contributed by atoms with Gasteiger partial charge in [-0.25, -0.2) is 0 Å². The Morgan fingerprint density at radius 3 is 2.23 bits per heavy atom. The molecule has 0 aliphatic heterocycles. The zero-order valence-corrected chi connectivity index (χ0v) is 10.2. The molecule has 0 unspecified atom stereocenters. The van der Waals surface area contributed by atoms with Crippen LogP contribution in [0.3, 0.4) is 0 Å². The highest BCUT2D eigenvalue weighted by Gasteiger charge is 2.20. The molecule has 0 amide bonds. The van der Waals surface area contributed by atoms with Crippen molar-refractivity contribution in [1.82, 2.24) is 9.78 Å². The van der Waals surface area contributed by atoms with Crippen molar-refractivity contribution in [2.24, 2.45) is 0 Å². The second-order valence-electron chi connectivity index (χ2n) is 3.73. The Labute approximate surface area is 94.6 Å². The van der Waals surface area contributed by atoms with E-state index in [1.807, 2.05) is 0 Å². The van der Waals surface area contributed by atoms with E-state index in [0.29, 0.717) is 11.0 Å².